The Morgan fingerprint density at radius 1 is 0.922 bits per heavy atom. The Balaban J connectivity index is 1.44. The van der Waals surface area contributed by atoms with Gasteiger partial charge in [0.05, 0.1) is 12.2 Å². The molecule has 0 spiro atoms. The van der Waals surface area contributed by atoms with Crippen molar-refractivity contribution in [2.45, 2.75) is 122 Å². The van der Waals surface area contributed by atoms with Gasteiger partial charge in [0.15, 0.2) is 0 Å². The maximum absolute atomic E-state index is 14.1. The molecule has 0 aromatic heterocycles. The van der Waals surface area contributed by atoms with Crippen LogP contribution in [0.5, 0.6) is 0 Å². The molecule has 12 nitrogen and oxygen atoms in total. The van der Waals surface area contributed by atoms with Crippen LogP contribution >= 0.6 is 0 Å². The Labute approximate surface area is 300 Å². The van der Waals surface area contributed by atoms with E-state index in [0.29, 0.717) is 50.6 Å². The molecule has 276 valence electrons. The van der Waals surface area contributed by atoms with Crippen molar-refractivity contribution in [3.63, 3.8) is 0 Å². The Morgan fingerprint density at radius 3 is 2.27 bits per heavy atom. The zero-order valence-electron chi connectivity index (χ0n) is 30.5. The van der Waals surface area contributed by atoms with Crippen molar-refractivity contribution in [3.8, 4) is 0 Å². The topological polar surface area (TPSA) is 163 Å². The molecule has 4 atom stereocenters. The largest absolute Gasteiger partial charge is 0.462 e. The number of amides is 5. The molecule has 0 radical (unpaired) electrons. The number of rotatable bonds is 12. The molecule has 2 aromatic rings. The fourth-order valence-electron chi connectivity index (χ4n) is 6.31. The number of esters is 1. The van der Waals surface area contributed by atoms with Crippen molar-refractivity contribution >= 4 is 35.5 Å². The number of hydrogen-bond donors (Lipinski definition) is 4. The zero-order chi connectivity index (χ0) is 37.2. The van der Waals surface area contributed by atoms with Gasteiger partial charge in [-0.25, -0.2) is 4.79 Å². The van der Waals surface area contributed by atoms with Gasteiger partial charge in [0.2, 0.25) is 29.5 Å². The van der Waals surface area contributed by atoms with Crippen molar-refractivity contribution in [2.24, 2.45) is 0 Å². The van der Waals surface area contributed by atoms with Gasteiger partial charge in [-0.1, -0.05) is 49.4 Å². The lowest BCUT2D eigenvalue weighted by atomic mass is 9.94. The Morgan fingerprint density at radius 2 is 1.61 bits per heavy atom. The van der Waals surface area contributed by atoms with Crippen LogP contribution in [0.3, 0.4) is 0 Å². The Hall–Kier alpha value is -4.74. The molecule has 0 unspecified atom stereocenters. The number of carbonyl (C=O) groups is 6. The molecule has 0 aliphatic carbocycles. The molecular formula is C39H53N5O7. The molecule has 51 heavy (non-hydrogen) atoms. The van der Waals surface area contributed by atoms with E-state index >= 15 is 0 Å². The number of benzene rings is 2. The maximum atomic E-state index is 14.1. The molecule has 2 aliphatic heterocycles. The number of hydrogen-bond acceptors (Lipinski definition) is 7. The third-order valence-corrected chi connectivity index (χ3v) is 9.43. The van der Waals surface area contributed by atoms with E-state index < -0.39 is 47.4 Å². The predicted molar refractivity (Wildman–Crippen MR) is 192 cm³/mol. The minimum Gasteiger partial charge on any atom is -0.462 e. The number of nitrogens with one attached hydrogen (secondary N) is 4. The van der Waals surface area contributed by atoms with E-state index in [4.69, 9.17) is 4.74 Å². The average molecular weight is 704 g/mol. The number of unbranched alkanes of at least 4 members (excludes halogenated alkanes) is 1. The second-order valence-corrected chi connectivity index (χ2v) is 14.8. The lowest BCUT2D eigenvalue weighted by molar-refractivity contribution is -0.144. The average Bonchev–Trinajstić information content (AvgIpc) is 3.59. The molecular weight excluding hydrogens is 650 g/mol. The first-order valence-electron chi connectivity index (χ1n) is 18.0. The summed E-state index contributed by atoms with van der Waals surface area (Å²) in [4.78, 5) is 81.4. The zero-order valence-corrected chi connectivity index (χ0v) is 30.5. The van der Waals surface area contributed by atoms with Crippen LogP contribution < -0.4 is 21.3 Å². The smallest absolute Gasteiger partial charge is 0.338 e. The lowest BCUT2D eigenvalue weighted by Gasteiger charge is -2.36. The van der Waals surface area contributed by atoms with Gasteiger partial charge in [-0.05, 0) is 95.9 Å². The molecule has 4 N–H and O–H groups in total. The quantitative estimate of drug-likeness (QED) is 0.195. The van der Waals surface area contributed by atoms with Gasteiger partial charge < -0.3 is 30.9 Å². The predicted octanol–water partition coefficient (Wildman–Crippen LogP) is 3.36. The fourth-order valence-corrected chi connectivity index (χ4v) is 6.31. The molecule has 5 amide bonds. The highest BCUT2D eigenvalue weighted by Crippen LogP contribution is 2.22. The van der Waals surface area contributed by atoms with Crippen LogP contribution in [0, 0.1) is 0 Å². The lowest BCUT2D eigenvalue weighted by Crippen LogP contribution is -2.65. The summed E-state index contributed by atoms with van der Waals surface area (Å²) in [5, 5.41) is 11.6. The number of nitrogens with zero attached hydrogens (tertiary/aromatic N) is 1. The third-order valence-electron chi connectivity index (χ3n) is 9.43. The van der Waals surface area contributed by atoms with E-state index in [1.54, 1.807) is 38.1 Å². The van der Waals surface area contributed by atoms with Gasteiger partial charge >= 0.3 is 5.97 Å². The molecule has 2 aliphatic rings. The van der Waals surface area contributed by atoms with E-state index in [0.717, 1.165) is 11.1 Å². The summed E-state index contributed by atoms with van der Waals surface area (Å²) in [7, 11) is 0. The monoisotopic (exact) mass is 703 g/mol. The SMILES string of the molecule is CC[C@]1(C)NC(=O)[C@H](CCCCOC(=O)c2ccccc2)NC(=O)[C@H]2CCCN2C(=O)[C@H](Cc2ccc(CCC(=O)NC(C)(C)C)cc2)NC1=O. The maximum Gasteiger partial charge on any atom is 0.338 e. The second-order valence-electron chi connectivity index (χ2n) is 14.8. The summed E-state index contributed by atoms with van der Waals surface area (Å²) in [5.41, 5.74) is 0.565. The van der Waals surface area contributed by atoms with Gasteiger partial charge in [-0.2, -0.15) is 0 Å². The highest BCUT2D eigenvalue weighted by molar-refractivity contribution is 5.99. The van der Waals surface area contributed by atoms with Crippen molar-refractivity contribution < 1.29 is 33.5 Å². The standard InChI is InChI=1S/C39H53N5O7/c1-6-39(5)37(50)41-30(25-27-19-17-26(18-20-27)21-22-32(45)42-38(2,3)4)35(48)44-23-12-16-31(44)34(47)40-29(33(46)43-39)15-10-11-24-51-36(49)28-13-8-7-9-14-28/h7-9,13-14,17-20,29-31H,6,10-12,15-16,21-25H2,1-5H3,(H,40,47)(H,41,50)(H,42,45)(H,43,46)/t29-,30-,31+,39-/m0/s1. The van der Waals surface area contributed by atoms with Crippen LogP contribution in [-0.4, -0.2) is 82.8 Å². The summed E-state index contributed by atoms with van der Waals surface area (Å²) in [6.45, 7) is 9.69. The van der Waals surface area contributed by atoms with Crippen LogP contribution in [0.1, 0.15) is 101 Å². The highest BCUT2D eigenvalue weighted by atomic mass is 16.5. The summed E-state index contributed by atoms with van der Waals surface area (Å²) < 4.78 is 5.36. The van der Waals surface area contributed by atoms with Crippen LogP contribution in [0.15, 0.2) is 54.6 Å². The van der Waals surface area contributed by atoms with Gasteiger partial charge in [0.25, 0.3) is 0 Å². The van der Waals surface area contributed by atoms with Crippen LogP contribution in [-0.2, 0) is 41.6 Å². The van der Waals surface area contributed by atoms with Gasteiger partial charge in [0, 0.05) is 24.9 Å². The summed E-state index contributed by atoms with van der Waals surface area (Å²) in [5.74, 6) is -2.23. The molecule has 2 heterocycles. The summed E-state index contributed by atoms with van der Waals surface area (Å²) in [6.07, 6.45) is 3.56. The Bertz CT molecular complexity index is 1560. The molecule has 2 fully saturated rings. The van der Waals surface area contributed by atoms with Crippen molar-refractivity contribution in [3.05, 3.63) is 71.3 Å². The molecule has 12 heteroatoms. The van der Waals surface area contributed by atoms with Crippen LogP contribution in [0.2, 0.25) is 0 Å². The van der Waals surface area contributed by atoms with E-state index in [1.165, 1.54) is 4.90 Å². The Kier molecular flexibility index (Phi) is 13.4. The van der Waals surface area contributed by atoms with E-state index in [-0.39, 0.29) is 43.2 Å². The minimum atomic E-state index is -1.36. The number of aryl methyl sites for hydroxylation is 1. The number of ether oxygens (including phenoxy) is 1. The molecule has 0 saturated carbocycles. The minimum absolute atomic E-state index is 0.0310. The fraction of sp³-hybridized carbons (Fsp3) is 0.538. The van der Waals surface area contributed by atoms with Gasteiger partial charge in [-0.15, -0.1) is 0 Å². The molecule has 2 aromatic carbocycles. The van der Waals surface area contributed by atoms with Crippen molar-refractivity contribution in [2.75, 3.05) is 13.2 Å². The highest BCUT2D eigenvalue weighted by Gasteiger charge is 2.43. The normalized spacial score (nSPS) is 22.8. The number of carbonyl (C=O) groups excluding carboxylic acids is 6. The van der Waals surface area contributed by atoms with E-state index in [1.807, 2.05) is 51.1 Å². The van der Waals surface area contributed by atoms with Crippen molar-refractivity contribution in [1.82, 2.24) is 26.2 Å². The van der Waals surface area contributed by atoms with Crippen LogP contribution in [0.4, 0.5) is 0 Å². The van der Waals surface area contributed by atoms with Gasteiger partial charge in [0.1, 0.15) is 23.7 Å². The van der Waals surface area contributed by atoms with Crippen molar-refractivity contribution in [1.29, 1.82) is 0 Å². The second kappa shape index (κ2) is 17.5. The molecule has 4 rings (SSSR count). The molecule has 2 saturated heterocycles. The summed E-state index contributed by atoms with van der Waals surface area (Å²) in [6, 6.07) is 13.6. The summed E-state index contributed by atoms with van der Waals surface area (Å²) >= 11 is 0. The first kappa shape index (κ1) is 39.1. The number of fused-ring (bicyclic) bond motifs is 1. The van der Waals surface area contributed by atoms with Crippen LogP contribution in [0.25, 0.3) is 0 Å². The third kappa shape index (κ3) is 11.1. The first-order chi connectivity index (χ1) is 24.2. The van der Waals surface area contributed by atoms with E-state index in [9.17, 15) is 28.8 Å². The van der Waals surface area contributed by atoms with E-state index in [2.05, 4.69) is 21.3 Å². The molecule has 0 bridgehead atoms. The first-order valence-corrected chi connectivity index (χ1v) is 18.0. The van der Waals surface area contributed by atoms with Gasteiger partial charge in [-0.3, -0.25) is 24.0 Å².